The molecule has 8 heavy (non-hydrogen) atoms. The molecule has 1 fully saturated rings. The van der Waals surface area contributed by atoms with E-state index in [4.69, 9.17) is 0 Å². The maximum atomic E-state index is 10.4. The summed E-state index contributed by atoms with van der Waals surface area (Å²) in [4.78, 5) is 10.4. The lowest BCUT2D eigenvalue weighted by Crippen LogP contribution is -1.93. The summed E-state index contributed by atoms with van der Waals surface area (Å²) in [6.07, 6.45) is 2.70. The van der Waals surface area contributed by atoms with Crippen molar-refractivity contribution in [3.8, 4) is 0 Å². The van der Waals surface area contributed by atoms with Gasteiger partial charge in [0.25, 0.3) is 0 Å². The van der Waals surface area contributed by atoms with E-state index in [0.29, 0.717) is 6.42 Å². The lowest BCUT2D eigenvalue weighted by atomic mass is 10.3. The Bertz CT molecular complexity index is 82.4. The first-order valence-corrected chi connectivity index (χ1v) is 3.63. The van der Waals surface area contributed by atoms with Crippen molar-refractivity contribution in [2.45, 2.75) is 19.3 Å². The van der Waals surface area contributed by atoms with Crippen LogP contribution in [0.15, 0.2) is 0 Å². The van der Waals surface area contributed by atoms with Crippen LogP contribution in [-0.2, 0) is 8.98 Å². The molecule has 2 nitrogen and oxygen atoms in total. The Morgan fingerprint density at radius 2 is 2.38 bits per heavy atom. The van der Waals surface area contributed by atoms with E-state index in [1.165, 1.54) is 12.0 Å². The van der Waals surface area contributed by atoms with Crippen molar-refractivity contribution >= 4 is 18.0 Å². The van der Waals surface area contributed by atoms with E-state index in [1.807, 2.05) is 0 Å². The molecule has 0 aromatic heterocycles. The molecule has 46 valence electrons. The Morgan fingerprint density at radius 3 is 3.25 bits per heavy atom. The molecule has 1 rings (SSSR count). The normalized spacial score (nSPS) is 21.8. The van der Waals surface area contributed by atoms with Gasteiger partial charge in [-0.2, -0.15) is 0 Å². The third kappa shape index (κ3) is 1.74. The van der Waals surface area contributed by atoms with Gasteiger partial charge in [-0.15, -0.1) is 0 Å². The molecule has 0 aliphatic carbocycles. The van der Waals surface area contributed by atoms with Gasteiger partial charge in [-0.1, -0.05) is 0 Å². The molecule has 0 radical (unpaired) electrons. The zero-order chi connectivity index (χ0) is 5.82. The predicted molar refractivity (Wildman–Crippen MR) is 32.4 cm³/mol. The summed E-state index contributed by atoms with van der Waals surface area (Å²) in [5.41, 5.74) is 0. The maximum absolute atomic E-state index is 10.4. The van der Waals surface area contributed by atoms with Crippen molar-refractivity contribution in [1.82, 2.24) is 0 Å². The van der Waals surface area contributed by atoms with Crippen LogP contribution < -0.4 is 0 Å². The second-order valence-corrected chi connectivity index (χ2v) is 2.55. The van der Waals surface area contributed by atoms with E-state index in [2.05, 4.69) is 4.18 Å². The van der Waals surface area contributed by atoms with E-state index < -0.39 is 0 Å². The van der Waals surface area contributed by atoms with Crippen molar-refractivity contribution in [1.29, 1.82) is 0 Å². The molecule has 0 aromatic carbocycles. The SMILES string of the molecule is O=C1CCCCSO1. The highest BCUT2D eigenvalue weighted by molar-refractivity contribution is 7.95. The fraction of sp³-hybridized carbons (Fsp3) is 0.800. The summed E-state index contributed by atoms with van der Waals surface area (Å²) in [5.74, 6) is 0.902. The number of hydrogen-bond donors (Lipinski definition) is 0. The minimum absolute atomic E-state index is 0.0625. The van der Waals surface area contributed by atoms with Crippen LogP contribution in [0.1, 0.15) is 19.3 Å². The van der Waals surface area contributed by atoms with Crippen molar-refractivity contribution in [2.24, 2.45) is 0 Å². The monoisotopic (exact) mass is 132 g/mol. The van der Waals surface area contributed by atoms with Crippen molar-refractivity contribution < 1.29 is 8.98 Å². The summed E-state index contributed by atoms with van der Waals surface area (Å²) in [6.45, 7) is 0. The van der Waals surface area contributed by atoms with Gasteiger partial charge in [0.2, 0.25) is 0 Å². The molecule has 0 N–H and O–H groups in total. The summed E-state index contributed by atoms with van der Waals surface area (Å²) >= 11 is 1.27. The number of rotatable bonds is 0. The quantitative estimate of drug-likeness (QED) is 0.465. The highest BCUT2D eigenvalue weighted by Crippen LogP contribution is 2.14. The first-order valence-electron chi connectivity index (χ1n) is 2.72. The summed E-state index contributed by atoms with van der Waals surface area (Å²) < 4.78 is 4.68. The Morgan fingerprint density at radius 1 is 1.50 bits per heavy atom. The van der Waals surface area contributed by atoms with Gasteiger partial charge in [0.15, 0.2) is 0 Å². The smallest absolute Gasteiger partial charge is 0.317 e. The number of hydrogen-bond acceptors (Lipinski definition) is 3. The number of carbonyl (C=O) groups excluding carboxylic acids is 1. The summed E-state index contributed by atoms with van der Waals surface area (Å²) in [5, 5.41) is 0. The molecule has 0 atom stereocenters. The molecule has 0 unspecified atom stereocenters. The third-order valence-electron chi connectivity index (χ3n) is 1.01. The topological polar surface area (TPSA) is 26.3 Å². The second-order valence-electron chi connectivity index (χ2n) is 1.73. The van der Waals surface area contributed by atoms with Crippen LogP contribution in [0, 0.1) is 0 Å². The molecule has 0 spiro atoms. The molecule has 0 bridgehead atoms. The second kappa shape index (κ2) is 2.97. The molecule has 0 aromatic rings. The van der Waals surface area contributed by atoms with Gasteiger partial charge in [-0.3, -0.25) is 4.79 Å². The van der Waals surface area contributed by atoms with Crippen molar-refractivity contribution in [2.75, 3.05) is 5.75 Å². The Labute approximate surface area is 52.8 Å². The first-order chi connectivity index (χ1) is 3.89. The van der Waals surface area contributed by atoms with E-state index in [9.17, 15) is 4.79 Å². The van der Waals surface area contributed by atoms with Gasteiger partial charge in [-0.05, 0) is 12.8 Å². The fourth-order valence-electron chi connectivity index (χ4n) is 0.579. The average molecular weight is 132 g/mol. The Balaban J connectivity index is 2.27. The third-order valence-corrected chi connectivity index (χ3v) is 1.77. The van der Waals surface area contributed by atoms with Gasteiger partial charge in [0.05, 0.1) is 12.0 Å². The van der Waals surface area contributed by atoms with Gasteiger partial charge in [0.1, 0.15) is 0 Å². The van der Waals surface area contributed by atoms with Gasteiger partial charge in [-0.25, -0.2) is 0 Å². The van der Waals surface area contributed by atoms with Gasteiger partial charge in [0, 0.05) is 12.2 Å². The minimum Gasteiger partial charge on any atom is -0.391 e. The highest BCUT2D eigenvalue weighted by Gasteiger charge is 2.06. The lowest BCUT2D eigenvalue weighted by Gasteiger charge is -1.91. The van der Waals surface area contributed by atoms with Gasteiger partial charge >= 0.3 is 5.97 Å². The summed E-state index contributed by atoms with van der Waals surface area (Å²) in [7, 11) is 0. The Kier molecular flexibility index (Phi) is 2.21. The van der Waals surface area contributed by atoms with E-state index in [1.54, 1.807) is 0 Å². The zero-order valence-electron chi connectivity index (χ0n) is 4.55. The van der Waals surface area contributed by atoms with Crippen LogP contribution in [0.5, 0.6) is 0 Å². The lowest BCUT2D eigenvalue weighted by molar-refractivity contribution is -0.132. The number of carbonyl (C=O) groups is 1. The first kappa shape index (κ1) is 5.95. The molecule has 1 aliphatic heterocycles. The zero-order valence-corrected chi connectivity index (χ0v) is 5.37. The van der Waals surface area contributed by atoms with Crippen molar-refractivity contribution in [3.63, 3.8) is 0 Å². The standard InChI is InChI=1S/C5H8O2S/c6-5-3-1-2-4-8-7-5/h1-4H2. The molecular weight excluding hydrogens is 124 g/mol. The highest BCUT2D eigenvalue weighted by atomic mass is 32.2. The van der Waals surface area contributed by atoms with Gasteiger partial charge < -0.3 is 4.18 Å². The van der Waals surface area contributed by atoms with Crippen LogP contribution >= 0.6 is 12.0 Å². The molecule has 0 saturated carbocycles. The molecule has 1 heterocycles. The van der Waals surface area contributed by atoms with E-state index >= 15 is 0 Å². The van der Waals surface area contributed by atoms with Crippen LogP contribution in [0.3, 0.4) is 0 Å². The molecule has 0 amide bonds. The summed E-state index contributed by atoms with van der Waals surface area (Å²) in [6, 6.07) is 0. The average Bonchev–Trinajstić information content (AvgIpc) is 1.94. The Hall–Kier alpha value is -0.180. The van der Waals surface area contributed by atoms with Crippen molar-refractivity contribution in [3.05, 3.63) is 0 Å². The molecule has 1 aliphatic rings. The van der Waals surface area contributed by atoms with Crippen LogP contribution in [0.2, 0.25) is 0 Å². The minimum atomic E-state index is -0.0625. The molecule has 1 saturated heterocycles. The van der Waals surface area contributed by atoms with Crippen LogP contribution in [-0.4, -0.2) is 11.7 Å². The fourth-order valence-corrected chi connectivity index (χ4v) is 1.20. The van der Waals surface area contributed by atoms with Crippen LogP contribution in [0.4, 0.5) is 0 Å². The van der Waals surface area contributed by atoms with E-state index in [0.717, 1.165) is 18.6 Å². The molecule has 3 heteroatoms. The van der Waals surface area contributed by atoms with E-state index in [-0.39, 0.29) is 5.97 Å². The van der Waals surface area contributed by atoms with Crippen LogP contribution in [0.25, 0.3) is 0 Å². The largest absolute Gasteiger partial charge is 0.391 e. The molecular formula is C5H8O2S. The predicted octanol–water partition coefficient (Wildman–Crippen LogP) is 1.36. The maximum Gasteiger partial charge on any atom is 0.317 e.